The van der Waals surface area contributed by atoms with Crippen molar-refractivity contribution in [3.8, 4) is 11.5 Å². The molecule has 0 heterocycles. The molecule has 1 rings (SSSR count). The summed E-state index contributed by atoms with van der Waals surface area (Å²) in [6, 6.07) is 6.14. The Bertz CT molecular complexity index is 364. The van der Waals surface area contributed by atoms with Crippen molar-refractivity contribution in [3.63, 3.8) is 0 Å². The van der Waals surface area contributed by atoms with Crippen LogP contribution in [0.25, 0.3) is 0 Å². The van der Waals surface area contributed by atoms with Gasteiger partial charge in [-0.15, -0.1) is 0 Å². The Morgan fingerprint density at radius 3 is 2.63 bits per heavy atom. The Hall–Kier alpha value is -1.22. The van der Waals surface area contributed by atoms with Gasteiger partial charge in [0.25, 0.3) is 0 Å². The van der Waals surface area contributed by atoms with Crippen molar-refractivity contribution >= 4 is 0 Å². The second-order valence-electron chi connectivity index (χ2n) is 5.22. The van der Waals surface area contributed by atoms with Crippen LogP contribution in [0.4, 0.5) is 0 Å². The zero-order valence-electron chi connectivity index (χ0n) is 12.7. The number of hydrogen-bond donors (Lipinski definition) is 1. The van der Waals surface area contributed by atoms with Gasteiger partial charge in [-0.05, 0) is 36.6 Å². The maximum absolute atomic E-state index is 5.74. The Kier molecular flexibility index (Phi) is 7.34. The van der Waals surface area contributed by atoms with Gasteiger partial charge in [-0.25, -0.2) is 0 Å². The summed E-state index contributed by atoms with van der Waals surface area (Å²) in [5, 5.41) is 3.43. The molecule has 0 radical (unpaired) electrons. The third kappa shape index (κ3) is 5.97. The quantitative estimate of drug-likeness (QED) is 0.692. The largest absolute Gasteiger partial charge is 0.493 e. The SMILES string of the molecule is CCCCNCc1ccc(OCC(C)C)c(OC)c1. The fraction of sp³-hybridized carbons (Fsp3) is 0.625. The fourth-order valence-corrected chi connectivity index (χ4v) is 1.73. The normalized spacial score (nSPS) is 10.8. The Morgan fingerprint density at radius 2 is 2.00 bits per heavy atom. The number of rotatable bonds is 9. The molecule has 19 heavy (non-hydrogen) atoms. The summed E-state index contributed by atoms with van der Waals surface area (Å²) in [4.78, 5) is 0. The minimum Gasteiger partial charge on any atom is -0.493 e. The van der Waals surface area contributed by atoms with E-state index in [4.69, 9.17) is 9.47 Å². The summed E-state index contributed by atoms with van der Waals surface area (Å²) in [7, 11) is 1.69. The highest BCUT2D eigenvalue weighted by molar-refractivity contribution is 5.42. The minimum absolute atomic E-state index is 0.514. The van der Waals surface area contributed by atoms with Gasteiger partial charge in [0.15, 0.2) is 11.5 Å². The van der Waals surface area contributed by atoms with Crippen molar-refractivity contribution in [1.82, 2.24) is 5.32 Å². The Balaban J connectivity index is 2.56. The zero-order chi connectivity index (χ0) is 14.1. The molecule has 0 saturated heterocycles. The molecule has 1 aromatic carbocycles. The van der Waals surface area contributed by atoms with Crippen LogP contribution in [-0.4, -0.2) is 20.3 Å². The highest BCUT2D eigenvalue weighted by Crippen LogP contribution is 2.28. The van der Waals surface area contributed by atoms with E-state index in [1.807, 2.05) is 6.07 Å². The highest BCUT2D eigenvalue weighted by atomic mass is 16.5. The first-order valence-electron chi connectivity index (χ1n) is 7.17. The summed E-state index contributed by atoms with van der Waals surface area (Å²) in [5.74, 6) is 2.16. The summed E-state index contributed by atoms with van der Waals surface area (Å²) < 4.78 is 11.1. The Morgan fingerprint density at radius 1 is 1.21 bits per heavy atom. The van der Waals surface area contributed by atoms with E-state index in [9.17, 15) is 0 Å². The molecule has 0 aromatic heterocycles. The second kappa shape index (κ2) is 8.81. The first-order chi connectivity index (χ1) is 9.17. The summed E-state index contributed by atoms with van der Waals surface area (Å²) in [5.41, 5.74) is 1.23. The van der Waals surface area contributed by atoms with Gasteiger partial charge in [0.1, 0.15) is 0 Å². The van der Waals surface area contributed by atoms with Gasteiger partial charge in [0, 0.05) is 6.54 Å². The third-order valence-corrected chi connectivity index (χ3v) is 2.84. The number of nitrogens with one attached hydrogen (secondary N) is 1. The molecule has 0 fully saturated rings. The van der Waals surface area contributed by atoms with E-state index in [2.05, 4.69) is 38.2 Å². The van der Waals surface area contributed by atoms with Gasteiger partial charge in [0.05, 0.1) is 13.7 Å². The van der Waals surface area contributed by atoms with Crippen LogP contribution in [0.15, 0.2) is 18.2 Å². The van der Waals surface area contributed by atoms with E-state index >= 15 is 0 Å². The summed E-state index contributed by atoms with van der Waals surface area (Å²) in [6.07, 6.45) is 2.44. The van der Waals surface area contributed by atoms with Crippen molar-refractivity contribution in [1.29, 1.82) is 0 Å². The monoisotopic (exact) mass is 265 g/mol. The average Bonchev–Trinajstić information content (AvgIpc) is 2.41. The molecule has 0 amide bonds. The minimum atomic E-state index is 0.514. The number of ether oxygens (including phenoxy) is 2. The molecule has 3 nitrogen and oxygen atoms in total. The lowest BCUT2D eigenvalue weighted by molar-refractivity contribution is 0.256. The van der Waals surface area contributed by atoms with Crippen molar-refractivity contribution in [2.45, 2.75) is 40.2 Å². The van der Waals surface area contributed by atoms with Crippen LogP contribution in [0, 0.1) is 5.92 Å². The molecule has 108 valence electrons. The molecule has 0 aliphatic heterocycles. The number of benzene rings is 1. The molecule has 0 aliphatic carbocycles. The first-order valence-corrected chi connectivity index (χ1v) is 7.17. The molecule has 1 N–H and O–H groups in total. The Labute approximate surface area is 117 Å². The van der Waals surface area contributed by atoms with E-state index in [0.29, 0.717) is 12.5 Å². The highest BCUT2D eigenvalue weighted by Gasteiger charge is 2.06. The molecule has 0 atom stereocenters. The van der Waals surface area contributed by atoms with Crippen LogP contribution >= 0.6 is 0 Å². The van der Waals surface area contributed by atoms with E-state index < -0.39 is 0 Å². The zero-order valence-corrected chi connectivity index (χ0v) is 12.7. The number of hydrogen-bond acceptors (Lipinski definition) is 3. The van der Waals surface area contributed by atoms with Crippen LogP contribution in [0.2, 0.25) is 0 Å². The van der Waals surface area contributed by atoms with Crippen molar-refractivity contribution < 1.29 is 9.47 Å². The fourth-order valence-electron chi connectivity index (χ4n) is 1.73. The van der Waals surface area contributed by atoms with Crippen molar-refractivity contribution in [3.05, 3.63) is 23.8 Å². The van der Waals surface area contributed by atoms with Gasteiger partial charge in [-0.1, -0.05) is 33.3 Å². The molecule has 0 saturated carbocycles. The van der Waals surface area contributed by atoms with E-state index in [1.54, 1.807) is 7.11 Å². The third-order valence-electron chi connectivity index (χ3n) is 2.84. The van der Waals surface area contributed by atoms with E-state index in [1.165, 1.54) is 18.4 Å². The van der Waals surface area contributed by atoms with Gasteiger partial charge in [0.2, 0.25) is 0 Å². The number of methoxy groups -OCH3 is 1. The van der Waals surface area contributed by atoms with Gasteiger partial charge >= 0.3 is 0 Å². The van der Waals surface area contributed by atoms with Crippen molar-refractivity contribution in [2.24, 2.45) is 5.92 Å². The van der Waals surface area contributed by atoms with Gasteiger partial charge < -0.3 is 14.8 Å². The molecule has 0 bridgehead atoms. The predicted octanol–water partition coefficient (Wildman–Crippen LogP) is 3.62. The molecular formula is C16H27NO2. The van der Waals surface area contributed by atoms with Crippen LogP contribution < -0.4 is 14.8 Å². The molecule has 0 unspecified atom stereocenters. The maximum Gasteiger partial charge on any atom is 0.161 e. The standard InChI is InChI=1S/C16H27NO2/c1-5-6-9-17-11-14-7-8-15(16(10-14)18-4)19-12-13(2)3/h7-8,10,13,17H,5-6,9,11-12H2,1-4H3. The van der Waals surface area contributed by atoms with Crippen molar-refractivity contribution in [2.75, 3.05) is 20.3 Å². The molecule has 3 heteroatoms. The first kappa shape index (κ1) is 15.8. The predicted molar refractivity (Wildman–Crippen MR) is 79.9 cm³/mol. The molecule has 1 aromatic rings. The lowest BCUT2D eigenvalue weighted by atomic mass is 10.2. The van der Waals surface area contributed by atoms with E-state index in [0.717, 1.165) is 24.6 Å². The van der Waals surface area contributed by atoms with Gasteiger partial charge in [-0.3, -0.25) is 0 Å². The summed E-state index contributed by atoms with van der Waals surface area (Å²) >= 11 is 0. The lowest BCUT2D eigenvalue weighted by Crippen LogP contribution is -2.14. The van der Waals surface area contributed by atoms with E-state index in [-0.39, 0.29) is 0 Å². The number of unbranched alkanes of at least 4 members (excludes halogenated alkanes) is 1. The molecular weight excluding hydrogens is 238 g/mol. The lowest BCUT2D eigenvalue weighted by Gasteiger charge is -2.14. The van der Waals surface area contributed by atoms with Crippen LogP contribution in [0.3, 0.4) is 0 Å². The summed E-state index contributed by atoms with van der Waals surface area (Å²) in [6.45, 7) is 9.12. The molecule has 0 aliphatic rings. The second-order valence-corrected chi connectivity index (χ2v) is 5.22. The molecule has 0 spiro atoms. The van der Waals surface area contributed by atoms with Gasteiger partial charge in [-0.2, -0.15) is 0 Å². The smallest absolute Gasteiger partial charge is 0.161 e. The average molecular weight is 265 g/mol. The topological polar surface area (TPSA) is 30.5 Å². The maximum atomic E-state index is 5.74. The van der Waals surface area contributed by atoms with Crippen LogP contribution in [0.5, 0.6) is 11.5 Å². The van der Waals surface area contributed by atoms with Crippen LogP contribution in [0.1, 0.15) is 39.2 Å². The van der Waals surface area contributed by atoms with Crippen LogP contribution in [-0.2, 0) is 6.54 Å².